The molecule has 6 nitrogen and oxygen atoms in total. The molecule has 0 radical (unpaired) electrons. The molecular formula is C22H29N3O3. The van der Waals surface area contributed by atoms with E-state index < -0.39 is 0 Å². The van der Waals surface area contributed by atoms with Crippen LogP contribution in [-0.2, 0) is 11.3 Å². The number of carbonyl (C=O) groups is 2. The Morgan fingerprint density at radius 3 is 2.43 bits per heavy atom. The van der Waals surface area contributed by atoms with Crippen LogP contribution in [0, 0.1) is 13.8 Å². The van der Waals surface area contributed by atoms with Crippen LogP contribution in [0.25, 0.3) is 0 Å². The van der Waals surface area contributed by atoms with Gasteiger partial charge in [0.15, 0.2) is 0 Å². The Bertz CT molecular complexity index is 803. The van der Waals surface area contributed by atoms with Gasteiger partial charge in [-0.1, -0.05) is 29.8 Å². The monoisotopic (exact) mass is 383 g/mol. The Morgan fingerprint density at radius 2 is 1.79 bits per heavy atom. The molecule has 2 amide bonds. The van der Waals surface area contributed by atoms with E-state index in [1.54, 1.807) is 19.2 Å². The van der Waals surface area contributed by atoms with Gasteiger partial charge >= 0.3 is 0 Å². The van der Waals surface area contributed by atoms with Crippen molar-refractivity contribution in [1.82, 2.24) is 15.5 Å². The minimum Gasteiger partial charge on any atom is -0.491 e. The topological polar surface area (TPSA) is 70.7 Å². The SMILES string of the molecule is CNC(=O)c1ccc(CN(C)CC(=O)NCCOc2ccc(C)cc2C)cc1. The average Bonchev–Trinajstić information content (AvgIpc) is 2.66. The molecule has 28 heavy (non-hydrogen) atoms. The first-order valence-corrected chi connectivity index (χ1v) is 9.35. The van der Waals surface area contributed by atoms with Gasteiger partial charge in [-0.15, -0.1) is 0 Å². The molecule has 2 aromatic rings. The van der Waals surface area contributed by atoms with Crippen LogP contribution >= 0.6 is 0 Å². The summed E-state index contributed by atoms with van der Waals surface area (Å²) in [5.41, 5.74) is 3.95. The fourth-order valence-corrected chi connectivity index (χ4v) is 2.89. The first-order valence-electron chi connectivity index (χ1n) is 9.35. The maximum atomic E-state index is 12.1. The number of hydrogen-bond donors (Lipinski definition) is 2. The van der Waals surface area contributed by atoms with E-state index in [1.807, 2.05) is 50.1 Å². The summed E-state index contributed by atoms with van der Waals surface area (Å²) in [5.74, 6) is 0.688. The highest BCUT2D eigenvalue weighted by Crippen LogP contribution is 2.18. The molecule has 0 saturated carbocycles. The highest BCUT2D eigenvalue weighted by atomic mass is 16.5. The van der Waals surface area contributed by atoms with Gasteiger partial charge in [0.25, 0.3) is 5.91 Å². The Morgan fingerprint density at radius 1 is 1.07 bits per heavy atom. The van der Waals surface area contributed by atoms with E-state index in [1.165, 1.54) is 5.56 Å². The Hall–Kier alpha value is -2.86. The van der Waals surface area contributed by atoms with E-state index in [9.17, 15) is 9.59 Å². The molecule has 2 rings (SSSR count). The number of carbonyl (C=O) groups excluding carboxylic acids is 2. The van der Waals surface area contributed by atoms with Crippen LogP contribution in [0.15, 0.2) is 42.5 Å². The zero-order valence-electron chi connectivity index (χ0n) is 17.0. The first kappa shape index (κ1) is 21.4. The molecule has 6 heteroatoms. The second-order valence-electron chi connectivity index (χ2n) is 6.92. The van der Waals surface area contributed by atoms with E-state index in [2.05, 4.69) is 16.7 Å². The third-order valence-corrected chi connectivity index (χ3v) is 4.32. The number of ether oxygens (including phenoxy) is 1. The van der Waals surface area contributed by atoms with Gasteiger partial charge in [-0.3, -0.25) is 14.5 Å². The highest BCUT2D eigenvalue weighted by Gasteiger charge is 2.08. The van der Waals surface area contributed by atoms with Crippen LogP contribution in [0.5, 0.6) is 5.75 Å². The van der Waals surface area contributed by atoms with Crippen LogP contribution in [0.1, 0.15) is 27.0 Å². The normalized spacial score (nSPS) is 10.6. The van der Waals surface area contributed by atoms with Crippen LogP contribution in [0.3, 0.4) is 0 Å². The van der Waals surface area contributed by atoms with E-state index >= 15 is 0 Å². The van der Waals surface area contributed by atoms with Gasteiger partial charge in [0.05, 0.1) is 13.1 Å². The van der Waals surface area contributed by atoms with Crippen LogP contribution in [0.2, 0.25) is 0 Å². The summed E-state index contributed by atoms with van der Waals surface area (Å²) in [4.78, 5) is 25.6. The third kappa shape index (κ3) is 6.70. The van der Waals surface area contributed by atoms with Crippen LogP contribution in [0.4, 0.5) is 0 Å². The lowest BCUT2D eigenvalue weighted by molar-refractivity contribution is -0.122. The zero-order valence-corrected chi connectivity index (χ0v) is 17.0. The number of nitrogens with zero attached hydrogens (tertiary/aromatic N) is 1. The van der Waals surface area contributed by atoms with E-state index in [4.69, 9.17) is 4.74 Å². The van der Waals surface area contributed by atoms with Crippen molar-refractivity contribution in [1.29, 1.82) is 0 Å². The van der Waals surface area contributed by atoms with Crippen molar-refractivity contribution >= 4 is 11.8 Å². The Balaban J connectivity index is 1.70. The predicted octanol–water partition coefficient (Wildman–Crippen LogP) is 2.29. The molecule has 2 aromatic carbocycles. The summed E-state index contributed by atoms with van der Waals surface area (Å²) in [6, 6.07) is 13.4. The van der Waals surface area contributed by atoms with Gasteiger partial charge in [0, 0.05) is 19.2 Å². The van der Waals surface area contributed by atoms with Crippen molar-refractivity contribution in [3.8, 4) is 5.75 Å². The van der Waals surface area contributed by atoms with E-state index in [0.717, 1.165) is 16.9 Å². The highest BCUT2D eigenvalue weighted by molar-refractivity contribution is 5.93. The van der Waals surface area contributed by atoms with E-state index in [-0.39, 0.29) is 11.8 Å². The molecule has 0 spiro atoms. The largest absolute Gasteiger partial charge is 0.491 e. The van der Waals surface area contributed by atoms with Gasteiger partial charge in [-0.2, -0.15) is 0 Å². The van der Waals surface area contributed by atoms with Crippen molar-refractivity contribution in [2.24, 2.45) is 0 Å². The lowest BCUT2D eigenvalue weighted by Gasteiger charge is -2.17. The lowest BCUT2D eigenvalue weighted by Crippen LogP contribution is -2.36. The molecule has 0 atom stereocenters. The third-order valence-electron chi connectivity index (χ3n) is 4.32. The Labute approximate surface area is 166 Å². The standard InChI is InChI=1S/C22H29N3O3/c1-16-5-10-20(17(2)13-16)28-12-11-24-21(26)15-25(4)14-18-6-8-19(9-7-18)22(27)23-3/h5-10,13H,11-12,14-15H2,1-4H3,(H,23,27)(H,24,26). The molecule has 2 N–H and O–H groups in total. The van der Waals surface area contributed by atoms with Crippen molar-refractivity contribution in [2.75, 3.05) is 33.8 Å². The van der Waals surface area contributed by atoms with Crippen molar-refractivity contribution in [2.45, 2.75) is 20.4 Å². The lowest BCUT2D eigenvalue weighted by atomic mass is 10.1. The van der Waals surface area contributed by atoms with Gasteiger partial charge in [-0.05, 0) is 50.2 Å². The fraction of sp³-hybridized carbons (Fsp3) is 0.364. The molecule has 0 saturated heterocycles. The number of likely N-dealkylation sites (N-methyl/N-ethyl adjacent to an activating group) is 1. The number of benzene rings is 2. The van der Waals surface area contributed by atoms with Crippen LogP contribution in [-0.4, -0.2) is 50.5 Å². The molecule has 0 aliphatic carbocycles. The summed E-state index contributed by atoms with van der Waals surface area (Å²) >= 11 is 0. The first-order chi connectivity index (χ1) is 13.4. The molecule has 0 fully saturated rings. The van der Waals surface area contributed by atoms with Crippen LogP contribution < -0.4 is 15.4 Å². The quantitative estimate of drug-likeness (QED) is 0.652. The summed E-state index contributed by atoms with van der Waals surface area (Å²) < 4.78 is 5.72. The van der Waals surface area contributed by atoms with Gasteiger partial charge < -0.3 is 15.4 Å². The Kier molecular flexibility index (Phi) is 8.02. The molecule has 0 unspecified atom stereocenters. The number of rotatable bonds is 9. The van der Waals surface area contributed by atoms with Crippen molar-refractivity contribution < 1.29 is 14.3 Å². The minimum absolute atomic E-state index is 0.0475. The number of hydrogen-bond acceptors (Lipinski definition) is 4. The minimum atomic E-state index is -0.109. The second-order valence-corrected chi connectivity index (χ2v) is 6.92. The molecule has 0 aromatic heterocycles. The number of aryl methyl sites for hydroxylation is 2. The molecular weight excluding hydrogens is 354 g/mol. The second kappa shape index (κ2) is 10.5. The summed E-state index contributed by atoms with van der Waals surface area (Å²) in [6.07, 6.45) is 0. The van der Waals surface area contributed by atoms with Gasteiger partial charge in [0.2, 0.25) is 5.91 Å². The predicted molar refractivity (Wildman–Crippen MR) is 111 cm³/mol. The van der Waals surface area contributed by atoms with Crippen molar-refractivity contribution in [3.63, 3.8) is 0 Å². The van der Waals surface area contributed by atoms with Gasteiger partial charge in [0.1, 0.15) is 12.4 Å². The smallest absolute Gasteiger partial charge is 0.251 e. The molecule has 0 heterocycles. The molecule has 150 valence electrons. The molecule has 0 aliphatic heterocycles. The van der Waals surface area contributed by atoms with E-state index in [0.29, 0.717) is 31.8 Å². The number of nitrogens with one attached hydrogen (secondary N) is 2. The van der Waals surface area contributed by atoms with Crippen molar-refractivity contribution in [3.05, 3.63) is 64.7 Å². The summed E-state index contributed by atoms with van der Waals surface area (Å²) in [6.45, 7) is 5.86. The zero-order chi connectivity index (χ0) is 20.5. The summed E-state index contributed by atoms with van der Waals surface area (Å²) in [5, 5.41) is 5.47. The maximum absolute atomic E-state index is 12.1. The maximum Gasteiger partial charge on any atom is 0.251 e. The molecule has 0 bridgehead atoms. The summed E-state index contributed by atoms with van der Waals surface area (Å²) in [7, 11) is 3.49. The fourth-order valence-electron chi connectivity index (χ4n) is 2.89. The number of amides is 2. The van der Waals surface area contributed by atoms with Gasteiger partial charge in [-0.25, -0.2) is 0 Å². The average molecular weight is 383 g/mol. The molecule has 0 aliphatic rings.